The molecule has 0 spiro atoms. The van der Waals surface area contributed by atoms with Gasteiger partial charge in [-0.25, -0.2) is 4.39 Å². The molecule has 0 radical (unpaired) electrons. The summed E-state index contributed by atoms with van der Waals surface area (Å²) in [6.07, 6.45) is 3.52. The van der Waals surface area contributed by atoms with Crippen molar-refractivity contribution in [2.75, 3.05) is 0 Å². The van der Waals surface area contributed by atoms with Crippen LogP contribution in [0, 0.1) is 17.7 Å². The maximum absolute atomic E-state index is 12.9. The number of hydrogen-bond acceptors (Lipinski definition) is 2. The third-order valence-corrected chi connectivity index (χ3v) is 5.64. The van der Waals surface area contributed by atoms with Crippen LogP contribution in [0.1, 0.15) is 40.0 Å². The SMILES string of the molecule is C[C@H]1[C@@H](C)CCC[C@H]1NC(=O)[C@H](C)Sc1ccc(F)cc1. The Morgan fingerprint density at radius 2 is 1.95 bits per heavy atom. The first-order valence-electron chi connectivity index (χ1n) is 7.70. The number of hydrogen-bond donors (Lipinski definition) is 1. The summed E-state index contributed by atoms with van der Waals surface area (Å²) in [5, 5.41) is 3.03. The van der Waals surface area contributed by atoms with E-state index in [1.807, 2.05) is 6.92 Å². The topological polar surface area (TPSA) is 29.1 Å². The molecule has 4 heteroatoms. The van der Waals surface area contributed by atoms with Crippen LogP contribution >= 0.6 is 11.8 Å². The average Bonchev–Trinajstić information content (AvgIpc) is 2.46. The van der Waals surface area contributed by atoms with Crippen LogP contribution in [0.4, 0.5) is 4.39 Å². The van der Waals surface area contributed by atoms with Crippen LogP contribution in [0.2, 0.25) is 0 Å². The molecule has 1 fully saturated rings. The minimum absolute atomic E-state index is 0.0790. The first-order valence-corrected chi connectivity index (χ1v) is 8.58. The van der Waals surface area contributed by atoms with Crippen molar-refractivity contribution in [3.63, 3.8) is 0 Å². The monoisotopic (exact) mass is 309 g/mol. The molecule has 1 saturated carbocycles. The molecular formula is C17H24FNOS. The fourth-order valence-corrected chi connectivity index (χ4v) is 3.73. The maximum Gasteiger partial charge on any atom is 0.233 e. The largest absolute Gasteiger partial charge is 0.352 e. The molecule has 4 atom stereocenters. The van der Waals surface area contributed by atoms with Crippen LogP contribution in [0.5, 0.6) is 0 Å². The summed E-state index contributed by atoms with van der Waals surface area (Å²) in [5.41, 5.74) is 0. The lowest BCUT2D eigenvalue weighted by Gasteiger charge is -2.35. The van der Waals surface area contributed by atoms with E-state index in [4.69, 9.17) is 0 Å². The van der Waals surface area contributed by atoms with Gasteiger partial charge in [-0.15, -0.1) is 11.8 Å². The van der Waals surface area contributed by atoms with Gasteiger partial charge >= 0.3 is 0 Å². The Labute approximate surface area is 130 Å². The molecule has 2 rings (SSSR count). The van der Waals surface area contributed by atoms with Crippen molar-refractivity contribution >= 4 is 17.7 Å². The molecule has 1 aliphatic rings. The van der Waals surface area contributed by atoms with E-state index in [0.29, 0.717) is 11.8 Å². The maximum atomic E-state index is 12.9. The Hall–Kier alpha value is -1.03. The molecule has 1 aromatic carbocycles. The smallest absolute Gasteiger partial charge is 0.233 e. The van der Waals surface area contributed by atoms with Crippen LogP contribution in [-0.2, 0) is 4.79 Å². The number of rotatable bonds is 4. The van der Waals surface area contributed by atoms with Gasteiger partial charge in [0.1, 0.15) is 5.82 Å². The van der Waals surface area contributed by atoms with Gasteiger partial charge in [-0.2, -0.15) is 0 Å². The van der Waals surface area contributed by atoms with Gasteiger partial charge in [-0.1, -0.05) is 26.7 Å². The highest BCUT2D eigenvalue weighted by Gasteiger charge is 2.29. The molecule has 2 nitrogen and oxygen atoms in total. The van der Waals surface area contributed by atoms with Gasteiger partial charge in [-0.05, 0) is 49.4 Å². The molecule has 0 bridgehead atoms. The zero-order valence-corrected chi connectivity index (χ0v) is 13.8. The first kappa shape index (κ1) is 16.3. The lowest BCUT2D eigenvalue weighted by Crippen LogP contribution is -2.46. The number of halogens is 1. The van der Waals surface area contributed by atoms with Crippen molar-refractivity contribution in [3.8, 4) is 0 Å². The van der Waals surface area contributed by atoms with E-state index in [-0.39, 0.29) is 23.0 Å². The van der Waals surface area contributed by atoms with Gasteiger partial charge in [0.15, 0.2) is 0 Å². The minimum atomic E-state index is -0.249. The summed E-state index contributed by atoms with van der Waals surface area (Å²) in [7, 11) is 0. The third-order valence-electron chi connectivity index (χ3n) is 4.53. The molecule has 0 aliphatic heterocycles. The molecule has 21 heavy (non-hydrogen) atoms. The van der Waals surface area contributed by atoms with Gasteiger partial charge in [0.05, 0.1) is 5.25 Å². The van der Waals surface area contributed by atoms with Gasteiger partial charge in [-0.3, -0.25) is 4.79 Å². The van der Waals surface area contributed by atoms with Crippen molar-refractivity contribution in [1.82, 2.24) is 5.32 Å². The Bertz CT molecular complexity index is 476. The average molecular weight is 309 g/mol. The van der Waals surface area contributed by atoms with Crippen molar-refractivity contribution in [2.24, 2.45) is 11.8 Å². The fourth-order valence-electron chi connectivity index (χ4n) is 2.86. The second-order valence-electron chi connectivity index (χ2n) is 6.10. The highest BCUT2D eigenvalue weighted by atomic mass is 32.2. The summed E-state index contributed by atoms with van der Waals surface area (Å²) in [4.78, 5) is 13.2. The van der Waals surface area contributed by atoms with Gasteiger partial charge in [0, 0.05) is 10.9 Å². The van der Waals surface area contributed by atoms with Crippen molar-refractivity contribution in [1.29, 1.82) is 0 Å². The standard InChI is InChI=1S/C17H24FNOS/c1-11-5-4-6-16(12(11)2)19-17(20)13(3)21-15-9-7-14(18)8-10-15/h7-13,16H,4-6H2,1-3H3,(H,19,20)/t11-,12-,13-,16+/m0/s1. The van der Waals surface area contributed by atoms with E-state index in [2.05, 4.69) is 19.2 Å². The summed E-state index contributed by atoms with van der Waals surface area (Å²) < 4.78 is 12.9. The minimum Gasteiger partial charge on any atom is -0.352 e. The Balaban J connectivity index is 1.88. The first-order chi connectivity index (χ1) is 9.97. The van der Waals surface area contributed by atoms with Gasteiger partial charge < -0.3 is 5.32 Å². The van der Waals surface area contributed by atoms with Crippen molar-refractivity contribution in [3.05, 3.63) is 30.1 Å². The summed E-state index contributed by atoms with van der Waals surface area (Å²) in [6, 6.07) is 6.58. The highest BCUT2D eigenvalue weighted by Crippen LogP contribution is 2.30. The van der Waals surface area contributed by atoms with E-state index in [9.17, 15) is 9.18 Å². The zero-order valence-electron chi connectivity index (χ0n) is 12.9. The molecule has 1 N–H and O–H groups in total. The van der Waals surface area contributed by atoms with Crippen LogP contribution in [0.25, 0.3) is 0 Å². The summed E-state index contributed by atoms with van der Waals surface area (Å²) in [5.74, 6) is 1.03. The Morgan fingerprint density at radius 3 is 2.62 bits per heavy atom. The number of benzene rings is 1. The van der Waals surface area contributed by atoms with Crippen molar-refractivity contribution < 1.29 is 9.18 Å². The summed E-state index contributed by atoms with van der Waals surface area (Å²) in [6.45, 7) is 6.40. The van der Waals surface area contributed by atoms with Gasteiger partial charge in [0.2, 0.25) is 5.91 Å². The molecule has 0 saturated heterocycles. The van der Waals surface area contributed by atoms with Crippen LogP contribution in [0.15, 0.2) is 29.2 Å². The molecule has 0 unspecified atom stereocenters. The van der Waals surface area contributed by atoms with E-state index in [1.54, 1.807) is 12.1 Å². The lowest BCUT2D eigenvalue weighted by molar-refractivity contribution is -0.121. The predicted octanol–water partition coefficient (Wildman–Crippen LogP) is 4.25. The van der Waals surface area contributed by atoms with Gasteiger partial charge in [0.25, 0.3) is 0 Å². The Morgan fingerprint density at radius 1 is 1.29 bits per heavy atom. The predicted molar refractivity (Wildman–Crippen MR) is 85.8 cm³/mol. The molecule has 1 amide bonds. The second-order valence-corrected chi connectivity index (χ2v) is 7.51. The third kappa shape index (κ3) is 4.47. The molecule has 1 aliphatic carbocycles. The quantitative estimate of drug-likeness (QED) is 0.843. The molecule has 0 heterocycles. The van der Waals surface area contributed by atoms with Crippen molar-refractivity contribution in [2.45, 2.75) is 56.2 Å². The zero-order chi connectivity index (χ0) is 15.4. The van der Waals surface area contributed by atoms with Crippen LogP contribution in [0.3, 0.4) is 0 Å². The van der Waals surface area contributed by atoms with E-state index in [0.717, 1.165) is 11.3 Å². The number of thioether (sulfide) groups is 1. The van der Waals surface area contributed by atoms with Crippen LogP contribution in [-0.4, -0.2) is 17.2 Å². The lowest BCUT2D eigenvalue weighted by atomic mass is 9.78. The molecule has 0 aromatic heterocycles. The Kier molecular flexibility index (Phi) is 5.68. The number of nitrogens with one attached hydrogen (secondary N) is 1. The molecule has 116 valence electrons. The fraction of sp³-hybridized carbons (Fsp3) is 0.588. The number of amides is 1. The van der Waals surface area contributed by atoms with E-state index in [1.165, 1.54) is 36.7 Å². The normalized spacial score (nSPS) is 27.1. The number of carbonyl (C=O) groups excluding carboxylic acids is 1. The summed E-state index contributed by atoms with van der Waals surface area (Å²) >= 11 is 1.47. The molecular weight excluding hydrogens is 285 g/mol. The van der Waals surface area contributed by atoms with E-state index >= 15 is 0 Å². The number of carbonyl (C=O) groups is 1. The highest BCUT2D eigenvalue weighted by molar-refractivity contribution is 8.00. The van der Waals surface area contributed by atoms with Crippen LogP contribution < -0.4 is 5.32 Å². The van der Waals surface area contributed by atoms with E-state index < -0.39 is 0 Å². The molecule has 1 aromatic rings. The second kappa shape index (κ2) is 7.30.